The predicted molar refractivity (Wildman–Crippen MR) is 108 cm³/mol. The number of aryl methyl sites for hydroxylation is 2. The number of esters is 1. The highest BCUT2D eigenvalue weighted by atomic mass is 35.5. The number of nitrogens with zero attached hydrogens (tertiary/aromatic N) is 4. The van der Waals surface area contributed by atoms with Crippen LogP contribution in [0.4, 0.5) is 0 Å². The summed E-state index contributed by atoms with van der Waals surface area (Å²) in [6.07, 6.45) is 0. The number of rotatable bonds is 4. The first-order valence-corrected chi connectivity index (χ1v) is 9.12. The van der Waals surface area contributed by atoms with Crippen molar-refractivity contribution in [3.8, 4) is 5.75 Å². The molecule has 8 nitrogen and oxygen atoms in total. The average molecular weight is 413 g/mol. The van der Waals surface area contributed by atoms with E-state index < -0.39 is 5.97 Å². The zero-order chi connectivity index (χ0) is 20.7. The molecule has 148 valence electrons. The van der Waals surface area contributed by atoms with Crippen LogP contribution >= 0.6 is 11.6 Å². The summed E-state index contributed by atoms with van der Waals surface area (Å²) in [5.41, 5.74) is 1.64. The third kappa shape index (κ3) is 3.21. The Morgan fingerprint density at radius 1 is 1.17 bits per heavy atom. The van der Waals surface area contributed by atoms with Gasteiger partial charge in [-0.25, -0.2) is 4.79 Å². The molecule has 0 unspecified atom stereocenters. The number of aromatic nitrogens is 4. The van der Waals surface area contributed by atoms with Crippen LogP contribution in [-0.2, 0) is 18.4 Å². The first-order valence-electron chi connectivity index (χ1n) is 8.74. The highest BCUT2D eigenvalue weighted by Gasteiger charge is 2.18. The Balaban J connectivity index is 1.75. The molecule has 0 spiro atoms. The summed E-state index contributed by atoms with van der Waals surface area (Å²) in [7, 11) is 3.08. The first kappa shape index (κ1) is 18.9. The van der Waals surface area contributed by atoms with E-state index in [-0.39, 0.29) is 17.7 Å². The maximum atomic E-state index is 12.6. The molecule has 0 atom stereocenters. The highest BCUT2D eigenvalue weighted by molar-refractivity contribution is 6.31. The van der Waals surface area contributed by atoms with Gasteiger partial charge in [0.15, 0.2) is 12.4 Å². The SMILES string of the molecule is COc1ccc(Cl)cc1C(=O)OCc1nnc2n(C)c(=O)c3cc(C)ccc3n12. The fourth-order valence-electron chi connectivity index (χ4n) is 3.20. The van der Waals surface area contributed by atoms with Gasteiger partial charge >= 0.3 is 5.97 Å². The van der Waals surface area contributed by atoms with Crippen LogP contribution in [0.5, 0.6) is 5.75 Å². The molecule has 0 bridgehead atoms. The second kappa shape index (κ2) is 7.21. The summed E-state index contributed by atoms with van der Waals surface area (Å²) >= 11 is 5.98. The lowest BCUT2D eigenvalue weighted by atomic mass is 10.1. The van der Waals surface area contributed by atoms with Crippen molar-refractivity contribution >= 4 is 34.3 Å². The number of carbonyl (C=O) groups excluding carboxylic acids is 1. The van der Waals surface area contributed by atoms with E-state index in [0.717, 1.165) is 5.56 Å². The molecule has 0 saturated carbocycles. The Morgan fingerprint density at radius 2 is 1.97 bits per heavy atom. The van der Waals surface area contributed by atoms with Crippen LogP contribution in [0.2, 0.25) is 5.02 Å². The van der Waals surface area contributed by atoms with Crippen molar-refractivity contribution in [2.45, 2.75) is 13.5 Å². The Kier molecular flexibility index (Phi) is 4.71. The first-order chi connectivity index (χ1) is 13.9. The molecule has 4 aromatic rings. The third-order valence-corrected chi connectivity index (χ3v) is 4.89. The van der Waals surface area contributed by atoms with Crippen molar-refractivity contribution in [3.63, 3.8) is 0 Å². The summed E-state index contributed by atoms with van der Waals surface area (Å²) < 4.78 is 13.8. The molecule has 0 radical (unpaired) electrons. The van der Waals surface area contributed by atoms with Crippen LogP contribution in [-0.4, -0.2) is 32.2 Å². The summed E-state index contributed by atoms with van der Waals surface area (Å²) in [5.74, 6) is 0.497. The molecule has 0 amide bonds. The van der Waals surface area contributed by atoms with Gasteiger partial charge in [-0.2, -0.15) is 0 Å². The normalized spacial score (nSPS) is 11.2. The van der Waals surface area contributed by atoms with Crippen molar-refractivity contribution in [3.05, 3.63) is 68.7 Å². The van der Waals surface area contributed by atoms with Crippen LogP contribution in [0, 0.1) is 6.92 Å². The lowest BCUT2D eigenvalue weighted by molar-refractivity contribution is 0.0458. The van der Waals surface area contributed by atoms with Crippen LogP contribution < -0.4 is 10.3 Å². The number of ether oxygens (including phenoxy) is 2. The van der Waals surface area contributed by atoms with Gasteiger partial charge in [0.25, 0.3) is 5.56 Å². The summed E-state index contributed by atoms with van der Waals surface area (Å²) in [6, 6.07) is 10.2. The smallest absolute Gasteiger partial charge is 0.342 e. The molecule has 0 aliphatic rings. The molecule has 9 heteroatoms. The van der Waals surface area contributed by atoms with Gasteiger partial charge in [0, 0.05) is 12.1 Å². The zero-order valence-corrected chi connectivity index (χ0v) is 16.7. The molecule has 0 fully saturated rings. The van der Waals surface area contributed by atoms with Crippen molar-refractivity contribution in [2.75, 3.05) is 7.11 Å². The summed E-state index contributed by atoms with van der Waals surface area (Å²) in [6.45, 7) is 1.77. The monoisotopic (exact) mass is 412 g/mol. The van der Waals surface area contributed by atoms with E-state index in [1.807, 2.05) is 25.1 Å². The third-order valence-electron chi connectivity index (χ3n) is 4.65. The van der Waals surface area contributed by atoms with Gasteiger partial charge in [0.2, 0.25) is 5.78 Å². The second-order valence-corrected chi connectivity index (χ2v) is 6.99. The number of hydrogen-bond acceptors (Lipinski definition) is 6. The maximum absolute atomic E-state index is 12.6. The molecule has 29 heavy (non-hydrogen) atoms. The molecule has 0 aliphatic heterocycles. The molecule has 2 aromatic carbocycles. The van der Waals surface area contributed by atoms with E-state index in [9.17, 15) is 9.59 Å². The van der Waals surface area contributed by atoms with Gasteiger partial charge < -0.3 is 9.47 Å². The molecule has 2 aromatic heterocycles. The minimum atomic E-state index is -0.605. The van der Waals surface area contributed by atoms with E-state index in [2.05, 4.69) is 10.2 Å². The number of benzene rings is 2. The fraction of sp³-hybridized carbons (Fsp3) is 0.200. The van der Waals surface area contributed by atoms with Crippen LogP contribution in [0.25, 0.3) is 16.7 Å². The molecule has 4 rings (SSSR count). The van der Waals surface area contributed by atoms with E-state index in [1.54, 1.807) is 23.6 Å². The molecule has 0 aliphatic carbocycles. The number of halogens is 1. The van der Waals surface area contributed by atoms with E-state index >= 15 is 0 Å². The van der Waals surface area contributed by atoms with Gasteiger partial charge in [-0.1, -0.05) is 23.2 Å². The predicted octanol–water partition coefficient (Wildman–Crippen LogP) is 2.91. The highest BCUT2D eigenvalue weighted by Crippen LogP contribution is 2.24. The van der Waals surface area contributed by atoms with E-state index in [4.69, 9.17) is 21.1 Å². The number of fused-ring (bicyclic) bond motifs is 3. The van der Waals surface area contributed by atoms with Gasteiger partial charge in [0.05, 0.1) is 18.0 Å². The average Bonchev–Trinajstić information content (AvgIpc) is 3.14. The Hall–Kier alpha value is -3.39. The van der Waals surface area contributed by atoms with Crippen molar-refractivity contribution in [1.82, 2.24) is 19.2 Å². The molecule has 2 heterocycles. The van der Waals surface area contributed by atoms with Crippen LogP contribution in [0.3, 0.4) is 0 Å². The van der Waals surface area contributed by atoms with Crippen molar-refractivity contribution in [2.24, 2.45) is 7.05 Å². The molecular formula is C20H17ClN4O4. The van der Waals surface area contributed by atoms with Gasteiger partial charge in [-0.05, 0) is 37.3 Å². The van der Waals surface area contributed by atoms with Crippen LogP contribution in [0.1, 0.15) is 21.7 Å². The molecule has 0 saturated heterocycles. The lowest BCUT2D eigenvalue weighted by Gasteiger charge is -2.10. The zero-order valence-electron chi connectivity index (χ0n) is 16.0. The standard InChI is InChI=1S/C20H17ClN4O4/c1-11-4-6-15-13(8-11)18(26)24(2)20-23-22-17(25(15)20)10-29-19(27)14-9-12(21)5-7-16(14)28-3/h4-9H,10H2,1-3H3. The van der Waals surface area contributed by atoms with E-state index in [0.29, 0.717) is 33.3 Å². The quantitative estimate of drug-likeness (QED) is 0.479. The van der Waals surface area contributed by atoms with Crippen molar-refractivity contribution < 1.29 is 14.3 Å². The topological polar surface area (TPSA) is 87.7 Å². The molecule has 0 N–H and O–H groups in total. The number of hydrogen-bond donors (Lipinski definition) is 0. The van der Waals surface area contributed by atoms with Gasteiger partial charge in [-0.3, -0.25) is 13.8 Å². The van der Waals surface area contributed by atoms with Gasteiger partial charge in [0.1, 0.15) is 11.3 Å². The largest absolute Gasteiger partial charge is 0.496 e. The minimum absolute atomic E-state index is 0.142. The number of carbonyl (C=O) groups is 1. The Bertz CT molecular complexity index is 1330. The Labute approximate surface area is 170 Å². The Morgan fingerprint density at radius 3 is 2.72 bits per heavy atom. The summed E-state index contributed by atoms with van der Waals surface area (Å²) in [5, 5.41) is 9.13. The lowest BCUT2D eigenvalue weighted by Crippen LogP contribution is -2.20. The van der Waals surface area contributed by atoms with Crippen molar-refractivity contribution in [1.29, 1.82) is 0 Å². The maximum Gasteiger partial charge on any atom is 0.342 e. The van der Waals surface area contributed by atoms with Crippen LogP contribution in [0.15, 0.2) is 41.2 Å². The second-order valence-electron chi connectivity index (χ2n) is 6.56. The molecular weight excluding hydrogens is 396 g/mol. The van der Waals surface area contributed by atoms with Gasteiger partial charge in [-0.15, -0.1) is 10.2 Å². The fourth-order valence-corrected chi connectivity index (χ4v) is 3.37. The van der Waals surface area contributed by atoms with E-state index in [1.165, 1.54) is 17.7 Å². The summed E-state index contributed by atoms with van der Waals surface area (Å²) in [4.78, 5) is 25.2. The number of methoxy groups -OCH3 is 1. The minimum Gasteiger partial charge on any atom is -0.496 e.